The maximum absolute atomic E-state index is 12.0. The molecule has 0 saturated heterocycles. The second kappa shape index (κ2) is 5.01. The van der Waals surface area contributed by atoms with Crippen molar-refractivity contribution < 1.29 is 13.5 Å². The van der Waals surface area contributed by atoms with E-state index in [9.17, 15) is 8.42 Å². The van der Waals surface area contributed by atoms with Crippen molar-refractivity contribution in [3.05, 3.63) is 11.1 Å². The van der Waals surface area contributed by atoms with Crippen LogP contribution in [0.4, 0.5) is 0 Å². The van der Waals surface area contributed by atoms with E-state index < -0.39 is 10.0 Å². The Balaban J connectivity index is 2.03. The van der Waals surface area contributed by atoms with Gasteiger partial charge in [-0.05, 0) is 32.1 Å². The number of thiazole rings is 1. The molecule has 7 heteroatoms. The molecule has 0 aromatic carbocycles. The first kappa shape index (κ1) is 12.9. The highest BCUT2D eigenvalue weighted by molar-refractivity contribution is 7.91. The number of aryl methyl sites for hydroxylation is 1. The lowest BCUT2D eigenvalue weighted by Gasteiger charge is -2.11. The molecule has 1 heterocycles. The van der Waals surface area contributed by atoms with Gasteiger partial charge >= 0.3 is 0 Å². The molecule has 1 aliphatic rings. The molecule has 96 valence electrons. The molecular weight excluding hydrogens is 260 g/mol. The Labute approximate surface area is 105 Å². The summed E-state index contributed by atoms with van der Waals surface area (Å²) in [4.78, 5) is 3.98. The van der Waals surface area contributed by atoms with Gasteiger partial charge in [-0.15, -0.1) is 11.3 Å². The number of hydrogen-bond acceptors (Lipinski definition) is 5. The molecule has 1 aromatic rings. The van der Waals surface area contributed by atoms with Crippen LogP contribution in [0.5, 0.6) is 0 Å². The largest absolute Gasteiger partial charge is 0.396 e. The van der Waals surface area contributed by atoms with Crippen molar-refractivity contribution in [3.8, 4) is 0 Å². The maximum Gasteiger partial charge on any atom is 0.268 e. The SMILES string of the molecule is Cc1csc(S(=O)(=O)N[C@H]2CC[C@@H](CO)C2)n1. The lowest BCUT2D eigenvalue weighted by atomic mass is 10.1. The number of aromatic nitrogens is 1. The Kier molecular flexibility index (Phi) is 3.82. The summed E-state index contributed by atoms with van der Waals surface area (Å²) in [5.41, 5.74) is 0.718. The van der Waals surface area contributed by atoms with Gasteiger partial charge in [-0.2, -0.15) is 0 Å². The van der Waals surface area contributed by atoms with Gasteiger partial charge in [0.15, 0.2) is 0 Å². The molecule has 0 unspecified atom stereocenters. The molecule has 0 radical (unpaired) electrons. The monoisotopic (exact) mass is 276 g/mol. The van der Waals surface area contributed by atoms with Crippen LogP contribution in [0.2, 0.25) is 0 Å². The second-order valence-corrected chi connectivity index (χ2v) is 7.18. The molecule has 1 saturated carbocycles. The number of sulfonamides is 1. The molecule has 2 rings (SSSR count). The third-order valence-corrected chi connectivity index (χ3v) is 5.84. The predicted molar refractivity (Wildman–Crippen MR) is 65.4 cm³/mol. The van der Waals surface area contributed by atoms with Crippen LogP contribution in [0.25, 0.3) is 0 Å². The van der Waals surface area contributed by atoms with Gasteiger partial charge in [-0.1, -0.05) is 0 Å². The van der Waals surface area contributed by atoms with Gasteiger partial charge in [-0.25, -0.2) is 18.1 Å². The summed E-state index contributed by atoms with van der Waals surface area (Å²) in [6.07, 6.45) is 2.37. The summed E-state index contributed by atoms with van der Waals surface area (Å²) in [6.45, 7) is 1.90. The Morgan fingerprint density at radius 1 is 1.59 bits per heavy atom. The zero-order valence-electron chi connectivity index (χ0n) is 9.59. The molecule has 0 spiro atoms. The topological polar surface area (TPSA) is 79.3 Å². The fourth-order valence-electron chi connectivity index (χ4n) is 2.07. The zero-order chi connectivity index (χ0) is 12.5. The Hall–Kier alpha value is -0.500. The van der Waals surface area contributed by atoms with Crippen LogP contribution in [0.3, 0.4) is 0 Å². The molecular formula is C10H16N2O3S2. The summed E-state index contributed by atoms with van der Waals surface area (Å²) in [5.74, 6) is 0.223. The Morgan fingerprint density at radius 3 is 2.88 bits per heavy atom. The van der Waals surface area contributed by atoms with Gasteiger partial charge in [0.2, 0.25) is 4.34 Å². The van der Waals surface area contributed by atoms with Crippen LogP contribution in [0.1, 0.15) is 25.0 Å². The second-order valence-electron chi connectivity index (χ2n) is 4.43. The van der Waals surface area contributed by atoms with Crippen molar-refractivity contribution in [3.63, 3.8) is 0 Å². The molecule has 17 heavy (non-hydrogen) atoms. The molecule has 0 amide bonds. The number of nitrogens with one attached hydrogen (secondary N) is 1. The maximum atomic E-state index is 12.0. The number of aliphatic hydroxyl groups excluding tert-OH is 1. The Bertz CT molecular complexity index is 483. The van der Waals surface area contributed by atoms with Crippen molar-refractivity contribution in [2.75, 3.05) is 6.61 Å². The van der Waals surface area contributed by atoms with E-state index in [2.05, 4.69) is 9.71 Å². The van der Waals surface area contributed by atoms with E-state index in [-0.39, 0.29) is 22.9 Å². The fraction of sp³-hybridized carbons (Fsp3) is 0.700. The van der Waals surface area contributed by atoms with Gasteiger partial charge in [0.05, 0.1) is 0 Å². The first-order valence-corrected chi connectivity index (χ1v) is 7.93. The lowest BCUT2D eigenvalue weighted by molar-refractivity contribution is 0.228. The van der Waals surface area contributed by atoms with Gasteiger partial charge in [0.25, 0.3) is 10.0 Å². The van der Waals surface area contributed by atoms with E-state index in [0.717, 1.165) is 29.9 Å². The first-order chi connectivity index (χ1) is 8.01. The van der Waals surface area contributed by atoms with E-state index in [1.807, 2.05) is 0 Å². The molecule has 2 N–H and O–H groups in total. The quantitative estimate of drug-likeness (QED) is 0.856. The molecule has 5 nitrogen and oxygen atoms in total. The van der Waals surface area contributed by atoms with Crippen LogP contribution in [-0.4, -0.2) is 31.2 Å². The smallest absolute Gasteiger partial charge is 0.268 e. The zero-order valence-corrected chi connectivity index (χ0v) is 11.2. The van der Waals surface area contributed by atoms with Gasteiger partial charge in [0.1, 0.15) is 0 Å². The van der Waals surface area contributed by atoms with Crippen molar-refractivity contribution in [1.29, 1.82) is 0 Å². The molecule has 0 aliphatic heterocycles. The molecule has 0 bridgehead atoms. The minimum atomic E-state index is -3.48. The van der Waals surface area contributed by atoms with E-state index in [1.165, 1.54) is 0 Å². The van der Waals surface area contributed by atoms with E-state index in [1.54, 1.807) is 12.3 Å². The van der Waals surface area contributed by atoms with E-state index in [0.29, 0.717) is 6.42 Å². The first-order valence-electron chi connectivity index (χ1n) is 5.56. The van der Waals surface area contributed by atoms with Crippen LogP contribution in [0.15, 0.2) is 9.72 Å². The van der Waals surface area contributed by atoms with Crippen molar-refractivity contribution >= 4 is 21.4 Å². The minimum Gasteiger partial charge on any atom is -0.396 e. The lowest BCUT2D eigenvalue weighted by Crippen LogP contribution is -2.33. The number of hydrogen-bond donors (Lipinski definition) is 2. The van der Waals surface area contributed by atoms with E-state index >= 15 is 0 Å². The summed E-state index contributed by atoms with van der Waals surface area (Å²) in [7, 11) is -3.48. The summed E-state index contributed by atoms with van der Waals surface area (Å²) < 4.78 is 26.7. The minimum absolute atomic E-state index is 0.0682. The molecule has 2 atom stereocenters. The standard InChI is InChI=1S/C10H16N2O3S2/c1-7-6-16-10(11-7)17(14,15)12-9-3-2-8(4-9)5-13/h6,8-9,12-13H,2-5H2,1H3/t8-,9+/m1/s1. The van der Waals surface area contributed by atoms with Crippen molar-refractivity contribution in [2.24, 2.45) is 5.92 Å². The third kappa shape index (κ3) is 3.04. The Morgan fingerprint density at radius 2 is 2.35 bits per heavy atom. The van der Waals surface area contributed by atoms with Crippen molar-refractivity contribution in [1.82, 2.24) is 9.71 Å². The average Bonchev–Trinajstić information content (AvgIpc) is 2.86. The van der Waals surface area contributed by atoms with Gasteiger partial charge in [0, 0.05) is 23.7 Å². The number of nitrogens with zero attached hydrogens (tertiary/aromatic N) is 1. The highest BCUT2D eigenvalue weighted by Gasteiger charge is 2.29. The highest BCUT2D eigenvalue weighted by Crippen LogP contribution is 2.26. The molecule has 1 fully saturated rings. The molecule has 1 aromatic heterocycles. The number of aliphatic hydroxyl groups is 1. The van der Waals surface area contributed by atoms with Crippen LogP contribution in [-0.2, 0) is 10.0 Å². The van der Waals surface area contributed by atoms with Crippen molar-refractivity contribution in [2.45, 2.75) is 36.6 Å². The highest BCUT2D eigenvalue weighted by atomic mass is 32.2. The fourth-order valence-corrected chi connectivity index (χ4v) is 4.41. The summed E-state index contributed by atoms with van der Waals surface area (Å²) >= 11 is 1.14. The third-order valence-electron chi connectivity index (χ3n) is 2.95. The number of rotatable bonds is 4. The average molecular weight is 276 g/mol. The van der Waals surface area contributed by atoms with Gasteiger partial charge in [-0.3, -0.25) is 0 Å². The van der Waals surface area contributed by atoms with Crippen LogP contribution < -0.4 is 4.72 Å². The summed E-state index contributed by atoms with van der Waals surface area (Å²) in [5, 5.41) is 10.7. The van der Waals surface area contributed by atoms with Crippen LogP contribution in [0, 0.1) is 12.8 Å². The summed E-state index contributed by atoms with van der Waals surface area (Å²) in [6, 6.07) is -0.0682. The normalized spacial score (nSPS) is 25.3. The van der Waals surface area contributed by atoms with E-state index in [4.69, 9.17) is 5.11 Å². The molecule has 1 aliphatic carbocycles. The van der Waals surface area contributed by atoms with Gasteiger partial charge < -0.3 is 5.11 Å². The predicted octanol–water partition coefficient (Wildman–Crippen LogP) is 0.891. The van der Waals surface area contributed by atoms with Crippen LogP contribution >= 0.6 is 11.3 Å².